The van der Waals surface area contributed by atoms with E-state index >= 15 is 0 Å². The van der Waals surface area contributed by atoms with Gasteiger partial charge in [-0.25, -0.2) is 4.39 Å². The zero-order valence-electron chi connectivity index (χ0n) is 7.62. The van der Waals surface area contributed by atoms with Crippen molar-refractivity contribution in [1.29, 1.82) is 0 Å². The molecule has 14 heavy (non-hydrogen) atoms. The summed E-state index contributed by atoms with van der Waals surface area (Å²) < 4.78 is 13.0. The van der Waals surface area contributed by atoms with Gasteiger partial charge in [0.25, 0.3) is 0 Å². The highest BCUT2D eigenvalue weighted by molar-refractivity contribution is 8.14. The first-order chi connectivity index (χ1) is 6.61. The molecular weight excluding hydrogens is 203 g/mol. The first kappa shape index (κ1) is 10.9. The highest BCUT2D eigenvalue weighted by Crippen LogP contribution is 2.15. The Morgan fingerprint density at radius 1 is 1.36 bits per heavy atom. The lowest BCUT2D eigenvalue weighted by atomic mass is 10.2. The van der Waals surface area contributed by atoms with Crippen molar-refractivity contribution < 1.29 is 14.0 Å². The Morgan fingerprint density at radius 2 is 2.00 bits per heavy atom. The Bertz CT molecular complexity index is 363. The number of carbonyl (C=O) groups is 2. The lowest BCUT2D eigenvalue weighted by Gasteiger charge is -1.99. The zero-order chi connectivity index (χ0) is 10.6. The second-order valence-electron chi connectivity index (χ2n) is 2.76. The number of carbonyl (C=O) groups excluding carboxylic acids is 2. The van der Waals surface area contributed by atoms with E-state index in [0.717, 1.165) is 11.8 Å². The van der Waals surface area contributed by atoms with Crippen molar-refractivity contribution in [2.75, 3.05) is 5.75 Å². The lowest BCUT2D eigenvalue weighted by molar-refractivity contribution is -0.114. The van der Waals surface area contributed by atoms with Crippen LogP contribution in [0.2, 0.25) is 0 Å². The summed E-state index contributed by atoms with van der Waals surface area (Å²) in [5.74, 6) is -0.555. The van der Waals surface area contributed by atoms with Gasteiger partial charge in [0, 0.05) is 0 Å². The summed E-state index contributed by atoms with van der Waals surface area (Å²) in [5.41, 5.74) is 0.0266. The Labute approximate surface area is 85.5 Å². The molecule has 0 spiro atoms. The third kappa shape index (κ3) is 2.96. The molecule has 0 aliphatic rings. The van der Waals surface area contributed by atoms with E-state index in [0.29, 0.717) is 0 Å². The van der Waals surface area contributed by atoms with Crippen molar-refractivity contribution in [3.63, 3.8) is 0 Å². The van der Waals surface area contributed by atoms with Gasteiger partial charge in [-0.05, 0) is 19.1 Å². The summed E-state index contributed by atoms with van der Waals surface area (Å²) in [6.45, 7) is 1.39. The minimum Gasteiger partial charge on any atom is -0.299 e. The molecule has 0 aromatic heterocycles. The number of Topliss-reactive ketones (excluding diaryl/α,β-unsaturated/α-hetero) is 1. The van der Waals surface area contributed by atoms with Crippen LogP contribution in [0.1, 0.15) is 17.3 Å². The van der Waals surface area contributed by atoms with Crippen LogP contribution in [0.5, 0.6) is 0 Å². The van der Waals surface area contributed by atoms with Crippen molar-refractivity contribution in [3.05, 3.63) is 35.6 Å². The number of hydrogen-bond donors (Lipinski definition) is 0. The first-order valence-corrected chi connectivity index (χ1v) is 5.01. The molecule has 0 radical (unpaired) electrons. The van der Waals surface area contributed by atoms with Crippen LogP contribution in [0.3, 0.4) is 0 Å². The summed E-state index contributed by atoms with van der Waals surface area (Å²) in [6.07, 6.45) is 0. The van der Waals surface area contributed by atoms with E-state index in [2.05, 4.69) is 0 Å². The van der Waals surface area contributed by atoms with Gasteiger partial charge in [-0.2, -0.15) is 0 Å². The standard InChI is InChI=1S/C10H9FO2S/c1-7(12)6-14-10(13)8-4-2-3-5-9(8)11/h2-5H,6H2,1H3. The van der Waals surface area contributed by atoms with Gasteiger partial charge in [-0.15, -0.1) is 0 Å². The second-order valence-corrected chi connectivity index (χ2v) is 3.71. The molecular formula is C10H9FO2S. The van der Waals surface area contributed by atoms with E-state index in [1.165, 1.54) is 25.1 Å². The fraction of sp³-hybridized carbons (Fsp3) is 0.200. The van der Waals surface area contributed by atoms with Crippen LogP contribution in [0.25, 0.3) is 0 Å². The Kier molecular flexibility index (Phi) is 3.83. The van der Waals surface area contributed by atoms with E-state index in [9.17, 15) is 14.0 Å². The molecule has 0 unspecified atom stereocenters. The summed E-state index contributed by atoms with van der Waals surface area (Å²) in [6, 6.07) is 5.73. The number of ketones is 1. The molecule has 74 valence electrons. The molecule has 0 saturated carbocycles. The molecule has 0 bridgehead atoms. The van der Waals surface area contributed by atoms with Gasteiger partial charge in [-0.1, -0.05) is 23.9 Å². The van der Waals surface area contributed by atoms with Crippen molar-refractivity contribution in [3.8, 4) is 0 Å². The van der Waals surface area contributed by atoms with Crippen LogP contribution in [0.15, 0.2) is 24.3 Å². The molecule has 1 rings (SSSR count). The van der Waals surface area contributed by atoms with Crippen LogP contribution < -0.4 is 0 Å². The average molecular weight is 212 g/mol. The Balaban J connectivity index is 2.70. The molecule has 0 atom stereocenters. The number of benzene rings is 1. The molecule has 0 amide bonds. The van der Waals surface area contributed by atoms with Crippen LogP contribution >= 0.6 is 11.8 Å². The van der Waals surface area contributed by atoms with Gasteiger partial charge in [0.1, 0.15) is 11.6 Å². The molecule has 2 nitrogen and oxygen atoms in total. The Morgan fingerprint density at radius 3 is 2.57 bits per heavy atom. The molecule has 4 heteroatoms. The molecule has 0 heterocycles. The normalized spacial score (nSPS) is 9.86. The summed E-state index contributed by atoms with van der Waals surface area (Å²) in [5, 5.41) is -0.404. The average Bonchev–Trinajstić information content (AvgIpc) is 2.15. The fourth-order valence-corrected chi connectivity index (χ4v) is 1.53. The minimum atomic E-state index is -0.548. The van der Waals surface area contributed by atoms with Gasteiger partial charge in [0.2, 0.25) is 5.12 Å². The van der Waals surface area contributed by atoms with Gasteiger partial charge in [-0.3, -0.25) is 9.59 Å². The van der Waals surface area contributed by atoms with Crippen LogP contribution in [-0.2, 0) is 4.79 Å². The van der Waals surface area contributed by atoms with E-state index in [-0.39, 0.29) is 17.1 Å². The highest BCUT2D eigenvalue weighted by atomic mass is 32.2. The summed E-state index contributed by atoms with van der Waals surface area (Å²) >= 11 is 0.823. The number of rotatable bonds is 3. The summed E-state index contributed by atoms with van der Waals surface area (Å²) in [7, 11) is 0. The van der Waals surface area contributed by atoms with E-state index < -0.39 is 10.9 Å². The third-order valence-corrected chi connectivity index (χ3v) is 2.53. The van der Waals surface area contributed by atoms with Gasteiger partial charge < -0.3 is 0 Å². The van der Waals surface area contributed by atoms with E-state index in [1.807, 2.05) is 0 Å². The Hall–Kier alpha value is -1.16. The maximum atomic E-state index is 13.0. The highest BCUT2D eigenvalue weighted by Gasteiger charge is 2.11. The van der Waals surface area contributed by atoms with Crippen molar-refractivity contribution in [1.82, 2.24) is 0 Å². The largest absolute Gasteiger partial charge is 0.299 e. The molecule has 0 N–H and O–H groups in total. The maximum Gasteiger partial charge on any atom is 0.222 e. The fourth-order valence-electron chi connectivity index (χ4n) is 0.872. The van der Waals surface area contributed by atoms with E-state index in [4.69, 9.17) is 0 Å². The van der Waals surface area contributed by atoms with Crippen molar-refractivity contribution >= 4 is 22.7 Å². The molecule has 0 aliphatic carbocycles. The SMILES string of the molecule is CC(=O)CSC(=O)c1ccccc1F. The van der Waals surface area contributed by atoms with Crippen molar-refractivity contribution in [2.24, 2.45) is 0 Å². The molecule has 1 aromatic rings. The molecule has 0 aliphatic heterocycles. The predicted octanol–water partition coefficient (Wildman–Crippen LogP) is 2.29. The maximum absolute atomic E-state index is 13.0. The molecule has 0 fully saturated rings. The topological polar surface area (TPSA) is 34.1 Å². The number of hydrogen-bond acceptors (Lipinski definition) is 3. The minimum absolute atomic E-state index is 0.0266. The van der Waals surface area contributed by atoms with Crippen molar-refractivity contribution in [2.45, 2.75) is 6.92 Å². The molecule has 0 saturated heterocycles. The van der Waals surface area contributed by atoms with Gasteiger partial charge in [0.15, 0.2) is 0 Å². The van der Waals surface area contributed by atoms with Crippen LogP contribution in [0.4, 0.5) is 4.39 Å². The predicted molar refractivity (Wildman–Crippen MR) is 53.9 cm³/mol. The lowest BCUT2D eigenvalue weighted by Crippen LogP contribution is -2.02. The quantitative estimate of drug-likeness (QED) is 0.770. The van der Waals surface area contributed by atoms with E-state index in [1.54, 1.807) is 6.07 Å². The second kappa shape index (κ2) is 4.91. The number of halogens is 1. The van der Waals surface area contributed by atoms with Crippen LogP contribution in [-0.4, -0.2) is 16.7 Å². The monoisotopic (exact) mass is 212 g/mol. The zero-order valence-corrected chi connectivity index (χ0v) is 8.44. The van der Waals surface area contributed by atoms with Gasteiger partial charge >= 0.3 is 0 Å². The summed E-state index contributed by atoms with van der Waals surface area (Å²) in [4.78, 5) is 21.9. The number of thioether (sulfide) groups is 1. The smallest absolute Gasteiger partial charge is 0.222 e. The molecule has 1 aromatic carbocycles. The first-order valence-electron chi connectivity index (χ1n) is 4.02. The van der Waals surface area contributed by atoms with Crippen LogP contribution in [0, 0.1) is 5.82 Å². The third-order valence-electron chi connectivity index (χ3n) is 1.50. The van der Waals surface area contributed by atoms with Gasteiger partial charge in [0.05, 0.1) is 11.3 Å².